The highest BCUT2D eigenvalue weighted by Crippen LogP contribution is 2.28. The van der Waals surface area contributed by atoms with Crippen molar-refractivity contribution in [3.63, 3.8) is 0 Å². The Morgan fingerprint density at radius 3 is 2.57 bits per heavy atom. The first-order chi connectivity index (χ1) is 13.6. The van der Waals surface area contributed by atoms with Gasteiger partial charge in [-0.15, -0.1) is 0 Å². The van der Waals surface area contributed by atoms with E-state index in [1.807, 2.05) is 0 Å². The van der Waals surface area contributed by atoms with Crippen molar-refractivity contribution in [2.75, 3.05) is 12.8 Å². The lowest BCUT2D eigenvalue weighted by Crippen LogP contribution is -2.17. The van der Waals surface area contributed by atoms with Crippen LogP contribution in [0.5, 0.6) is 11.5 Å². The number of nitrogens with one attached hydrogen (secondary N) is 1. The second-order valence-electron chi connectivity index (χ2n) is 5.60. The van der Waals surface area contributed by atoms with Crippen LogP contribution in [-0.4, -0.2) is 25.2 Å². The van der Waals surface area contributed by atoms with Crippen molar-refractivity contribution < 1.29 is 23.5 Å². The molecular formula is C20H17N3O5. The third kappa shape index (κ3) is 4.55. The minimum absolute atomic E-state index is 0.0815. The molecule has 0 aliphatic heterocycles. The van der Waals surface area contributed by atoms with Gasteiger partial charge in [0.1, 0.15) is 0 Å². The van der Waals surface area contributed by atoms with E-state index in [-0.39, 0.29) is 17.4 Å². The summed E-state index contributed by atoms with van der Waals surface area (Å²) in [6, 6.07) is 14.4. The molecule has 1 amide bonds. The Morgan fingerprint density at radius 2 is 1.89 bits per heavy atom. The number of benzene rings is 2. The SMILES string of the molecule is COc1cc(/C=N/NC(=O)c2ccc(N)cc2)ccc1OC(=O)c1ccco1. The van der Waals surface area contributed by atoms with Crippen molar-refractivity contribution in [2.24, 2.45) is 5.10 Å². The molecule has 0 unspecified atom stereocenters. The van der Waals surface area contributed by atoms with Crippen LogP contribution in [0.2, 0.25) is 0 Å². The van der Waals surface area contributed by atoms with Crippen LogP contribution in [0.15, 0.2) is 70.4 Å². The Hall–Kier alpha value is -4.07. The zero-order valence-electron chi connectivity index (χ0n) is 14.9. The Kier molecular flexibility index (Phi) is 5.71. The minimum Gasteiger partial charge on any atom is -0.493 e. The molecule has 0 bridgehead atoms. The van der Waals surface area contributed by atoms with Gasteiger partial charge in [-0.05, 0) is 60.2 Å². The molecule has 0 spiro atoms. The van der Waals surface area contributed by atoms with E-state index in [2.05, 4.69) is 10.5 Å². The van der Waals surface area contributed by atoms with Crippen molar-refractivity contribution in [3.05, 3.63) is 77.7 Å². The molecule has 3 rings (SSSR count). The molecule has 3 aromatic rings. The highest BCUT2D eigenvalue weighted by atomic mass is 16.6. The zero-order valence-corrected chi connectivity index (χ0v) is 14.9. The van der Waals surface area contributed by atoms with Gasteiger partial charge < -0.3 is 19.6 Å². The Balaban J connectivity index is 1.66. The van der Waals surface area contributed by atoms with Gasteiger partial charge in [-0.25, -0.2) is 10.2 Å². The first-order valence-electron chi connectivity index (χ1n) is 8.19. The van der Waals surface area contributed by atoms with Crippen LogP contribution in [-0.2, 0) is 0 Å². The molecule has 0 radical (unpaired) electrons. The second kappa shape index (κ2) is 8.54. The summed E-state index contributed by atoms with van der Waals surface area (Å²) < 4.78 is 15.5. The van der Waals surface area contributed by atoms with E-state index in [4.69, 9.17) is 19.6 Å². The number of methoxy groups -OCH3 is 1. The molecule has 8 nitrogen and oxygen atoms in total. The normalized spacial score (nSPS) is 10.6. The van der Waals surface area contributed by atoms with Gasteiger partial charge in [-0.1, -0.05) is 0 Å². The number of esters is 1. The molecule has 0 aliphatic carbocycles. The summed E-state index contributed by atoms with van der Waals surface area (Å²) in [4.78, 5) is 24.0. The number of rotatable bonds is 6. The molecule has 1 heterocycles. The number of nitrogens with zero attached hydrogens (tertiary/aromatic N) is 1. The van der Waals surface area contributed by atoms with Crippen LogP contribution in [0, 0.1) is 0 Å². The number of nitrogen functional groups attached to an aromatic ring is 1. The number of hydrogen-bond acceptors (Lipinski definition) is 7. The van der Waals surface area contributed by atoms with Gasteiger partial charge >= 0.3 is 5.97 Å². The largest absolute Gasteiger partial charge is 0.493 e. The van der Waals surface area contributed by atoms with Crippen molar-refractivity contribution in [3.8, 4) is 11.5 Å². The fourth-order valence-electron chi connectivity index (χ4n) is 2.26. The fourth-order valence-corrected chi connectivity index (χ4v) is 2.26. The minimum atomic E-state index is -0.638. The molecular weight excluding hydrogens is 362 g/mol. The predicted octanol–water partition coefficient (Wildman–Crippen LogP) is 2.85. The van der Waals surface area contributed by atoms with Crippen LogP contribution in [0.1, 0.15) is 26.5 Å². The third-order valence-electron chi connectivity index (χ3n) is 3.67. The van der Waals surface area contributed by atoms with Crippen LogP contribution < -0.4 is 20.6 Å². The molecule has 8 heteroatoms. The lowest BCUT2D eigenvalue weighted by Gasteiger charge is -2.09. The molecule has 3 N–H and O–H groups in total. The molecule has 0 atom stereocenters. The van der Waals surface area contributed by atoms with E-state index < -0.39 is 5.97 Å². The number of anilines is 1. The number of ether oxygens (including phenoxy) is 2. The van der Waals surface area contributed by atoms with E-state index >= 15 is 0 Å². The van der Waals surface area contributed by atoms with Crippen LogP contribution >= 0.6 is 0 Å². The standard InChI is InChI=1S/C20H17N3O5/c1-26-18-11-13(4-9-16(18)28-20(25)17-3-2-10-27-17)12-22-23-19(24)14-5-7-15(21)8-6-14/h2-12H,21H2,1H3,(H,23,24)/b22-12+. The first-order valence-corrected chi connectivity index (χ1v) is 8.19. The summed E-state index contributed by atoms with van der Waals surface area (Å²) in [6.45, 7) is 0. The topological polar surface area (TPSA) is 116 Å². The second-order valence-corrected chi connectivity index (χ2v) is 5.60. The molecule has 0 fully saturated rings. The Labute approximate surface area is 160 Å². The number of amides is 1. The van der Waals surface area contributed by atoms with Crippen LogP contribution in [0.4, 0.5) is 5.69 Å². The maximum atomic E-state index is 12.0. The van der Waals surface area contributed by atoms with Crippen molar-refractivity contribution >= 4 is 23.8 Å². The maximum absolute atomic E-state index is 12.0. The van der Waals surface area contributed by atoms with Gasteiger partial charge in [0.2, 0.25) is 5.76 Å². The summed E-state index contributed by atoms with van der Waals surface area (Å²) in [5.41, 5.74) is 9.65. The summed E-state index contributed by atoms with van der Waals surface area (Å²) >= 11 is 0. The molecule has 142 valence electrons. The lowest BCUT2D eigenvalue weighted by molar-refractivity contribution is 0.0696. The molecule has 0 saturated heterocycles. The summed E-state index contributed by atoms with van der Waals surface area (Å²) in [5, 5.41) is 3.91. The quantitative estimate of drug-likeness (QED) is 0.224. The average molecular weight is 379 g/mol. The van der Waals surface area contributed by atoms with E-state index in [1.165, 1.54) is 25.7 Å². The third-order valence-corrected chi connectivity index (χ3v) is 3.67. The smallest absolute Gasteiger partial charge is 0.379 e. The molecule has 0 saturated carbocycles. The molecule has 1 aromatic heterocycles. The van der Waals surface area contributed by atoms with Crippen molar-refractivity contribution in [2.45, 2.75) is 0 Å². The number of hydrogen-bond donors (Lipinski definition) is 2. The maximum Gasteiger partial charge on any atom is 0.379 e. The van der Waals surface area contributed by atoms with Crippen molar-refractivity contribution in [1.29, 1.82) is 0 Å². The average Bonchev–Trinajstić information content (AvgIpc) is 3.24. The van der Waals surface area contributed by atoms with E-state index in [0.29, 0.717) is 22.6 Å². The lowest BCUT2D eigenvalue weighted by atomic mass is 10.2. The van der Waals surface area contributed by atoms with Gasteiger partial charge in [0.05, 0.1) is 19.6 Å². The van der Waals surface area contributed by atoms with Crippen molar-refractivity contribution in [1.82, 2.24) is 5.43 Å². The summed E-state index contributed by atoms with van der Waals surface area (Å²) in [7, 11) is 1.45. The molecule has 0 aliphatic rings. The van der Waals surface area contributed by atoms with Crippen LogP contribution in [0.3, 0.4) is 0 Å². The highest BCUT2D eigenvalue weighted by molar-refractivity contribution is 5.95. The van der Waals surface area contributed by atoms with E-state index in [0.717, 1.165) is 0 Å². The molecule has 2 aromatic carbocycles. The first kappa shape index (κ1) is 18.7. The Bertz CT molecular complexity index is 995. The van der Waals surface area contributed by atoms with Gasteiger partial charge in [0.15, 0.2) is 11.5 Å². The van der Waals surface area contributed by atoms with Gasteiger partial charge in [-0.2, -0.15) is 5.10 Å². The van der Waals surface area contributed by atoms with Crippen LogP contribution in [0.25, 0.3) is 0 Å². The predicted molar refractivity (Wildman–Crippen MR) is 103 cm³/mol. The summed E-state index contributed by atoms with van der Waals surface area (Å²) in [6.07, 6.45) is 2.82. The van der Waals surface area contributed by atoms with Gasteiger partial charge in [-0.3, -0.25) is 4.79 Å². The fraction of sp³-hybridized carbons (Fsp3) is 0.0500. The Morgan fingerprint density at radius 1 is 1.11 bits per heavy atom. The van der Waals surface area contributed by atoms with E-state index in [9.17, 15) is 9.59 Å². The van der Waals surface area contributed by atoms with E-state index in [1.54, 1.807) is 48.5 Å². The zero-order chi connectivity index (χ0) is 19.9. The number of furan rings is 1. The van der Waals surface area contributed by atoms with Gasteiger partial charge in [0, 0.05) is 11.3 Å². The highest BCUT2D eigenvalue weighted by Gasteiger charge is 2.14. The monoisotopic (exact) mass is 379 g/mol. The number of hydrazone groups is 1. The number of carbonyl (C=O) groups excluding carboxylic acids is 2. The molecule has 28 heavy (non-hydrogen) atoms. The number of nitrogens with two attached hydrogens (primary N) is 1. The van der Waals surface area contributed by atoms with Gasteiger partial charge in [0.25, 0.3) is 5.91 Å². The number of carbonyl (C=O) groups is 2. The summed E-state index contributed by atoms with van der Waals surface area (Å²) in [5.74, 6) is -0.369.